The first-order chi connectivity index (χ1) is 14.1. The van der Waals surface area contributed by atoms with E-state index in [1.807, 2.05) is 6.07 Å². The fraction of sp³-hybridized carbons (Fsp3) is 0.308. The van der Waals surface area contributed by atoms with E-state index in [9.17, 15) is 0 Å². The van der Waals surface area contributed by atoms with Gasteiger partial charge in [0.1, 0.15) is 6.61 Å². The standard InChI is InChI=1S/C26H31NO2/c1-20-8-7-11-24(16-20)19-29-25-15-14-23(17-26(25)28-3)18-27-21(2)12-13-22-9-5-4-6-10-22/h4-11,14-17,21,27H,12-13,18-19H2,1-3H3/t21-/m1/s1. The van der Waals surface area contributed by atoms with Gasteiger partial charge >= 0.3 is 0 Å². The zero-order valence-corrected chi connectivity index (χ0v) is 17.7. The predicted molar refractivity (Wildman–Crippen MR) is 120 cm³/mol. The van der Waals surface area contributed by atoms with Crippen LogP contribution in [-0.4, -0.2) is 13.2 Å². The average Bonchev–Trinajstić information content (AvgIpc) is 2.75. The Kier molecular flexibility index (Phi) is 7.71. The van der Waals surface area contributed by atoms with E-state index in [1.54, 1.807) is 7.11 Å². The molecular formula is C26H31NO2. The summed E-state index contributed by atoms with van der Waals surface area (Å²) in [6.07, 6.45) is 2.20. The first-order valence-corrected chi connectivity index (χ1v) is 10.3. The second kappa shape index (κ2) is 10.7. The van der Waals surface area contributed by atoms with Gasteiger partial charge in [-0.3, -0.25) is 0 Å². The number of hydrogen-bond acceptors (Lipinski definition) is 3. The summed E-state index contributed by atoms with van der Waals surface area (Å²) < 4.78 is 11.5. The van der Waals surface area contributed by atoms with E-state index in [1.165, 1.54) is 16.7 Å². The first kappa shape index (κ1) is 20.9. The summed E-state index contributed by atoms with van der Waals surface area (Å²) in [5, 5.41) is 3.61. The lowest BCUT2D eigenvalue weighted by Gasteiger charge is -2.16. The molecule has 0 fully saturated rings. The fourth-order valence-corrected chi connectivity index (χ4v) is 3.33. The van der Waals surface area contributed by atoms with Gasteiger partial charge in [0, 0.05) is 12.6 Å². The minimum absolute atomic E-state index is 0.443. The van der Waals surface area contributed by atoms with Crippen LogP contribution in [0.2, 0.25) is 0 Å². The highest BCUT2D eigenvalue weighted by Crippen LogP contribution is 2.29. The lowest BCUT2D eigenvalue weighted by molar-refractivity contribution is 0.284. The highest BCUT2D eigenvalue weighted by molar-refractivity contribution is 5.43. The van der Waals surface area contributed by atoms with Crippen LogP contribution in [0.4, 0.5) is 0 Å². The summed E-state index contributed by atoms with van der Waals surface area (Å²) in [5.74, 6) is 1.55. The van der Waals surface area contributed by atoms with Crippen LogP contribution in [0.5, 0.6) is 11.5 Å². The normalized spacial score (nSPS) is 11.8. The maximum absolute atomic E-state index is 5.99. The predicted octanol–water partition coefficient (Wildman–Crippen LogP) is 5.69. The van der Waals surface area contributed by atoms with Crippen LogP contribution in [-0.2, 0) is 19.6 Å². The Morgan fingerprint density at radius 3 is 2.38 bits per heavy atom. The van der Waals surface area contributed by atoms with Gasteiger partial charge in [-0.1, -0.05) is 66.2 Å². The highest BCUT2D eigenvalue weighted by Gasteiger charge is 2.08. The SMILES string of the molecule is COc1cc(CN[C@H](C)CCc2ccccc2)ccc1OCc1cccc(C)c1. The van der Waals surface area contributed by atoms with E-state index >= 15 is 0 Å². The molecule has 0 saturated carbocycles. The van der Waals surface area contributed by atoms with Crippen molar-refractivity contribution in [3.8, 4) is 11.5 Å². The minimum Gasteiger partial charge on any atom is -0.493 e. The van der Waals surface area contributed by atoms with Crippen molar-refractivity contribution in [1.82, 2.24) is 5.32 Å². The van der Waals surface area contributed by atoms with Crippen molar-refractivity contribution in [2.24, 2.45) is 0 Å². The van der Waals surface area contributed by atoms with E-state index in [2.05, 4.69) is 85.9 Å². The van der Waals surface area contributed by atoms with Crippen molar-refractivity contribution >= 4 is 0 Å². The molecule has 0 heterocycles. The largest absolute Gasteiger partial charge is 0.493 e. The lowest BCUT2D eigenvalue weighted by atomic mass is 10.1. The zero-order valence-electron chi connectivity index (χ0n) is 17.7. The highest BCUT2D eigenvalue weighted by atomic mass is 16.5. The molecule has 0 radical (unpaired) electrons. The Morgan fingerprint density at radius 2 is 1.62 bits per heavy atom. The molecule has 0 aliphatic heterocycles. The van der Waals surface area contributed by atoms with Gasteiger partial charge in [-0.05, 0) is 55.5 Å². The van der Waals surface area contributed by atoms with Crippen LogP contribution in [0.15, 0.2) is 72.8 Å². The molecule has 152 valence electrons. The molecule has 0 saturated heterocycles. The molecule has 0 unspecified atom stereocenters. The summed E-state index contributed by atoms with van der Waals surface area (Å²) >= 11 is 0. The van der Waals surface area contributed by atoms with Crippen molar-refractivity contribution < 1.29 is 9.47 Å². The molecule has 1 N–H and O–H groups in total. The van der Waals surface area contributed by atoms with E-state index in [4.69, 9.17) is 9.47 Å². The second-order valence-corrected chi connectivity index (χ2v) is 7.57. The number of methoxy groups -OCH3 is 1. The number of benzene rings is 3. The lowest BCUT2D eigenvalue weighted by Crippen LogP contribution is -2.26. The molecule has 0 aliphatic rings. The first-order valence-electron chi connectivity index (χ1n) is 10.3. The van der Waals surface area contributed by atoms with Crippen LogP contribution < -0.4 is 14.8 Å². The monoisotopic (exact) mass is 389 g/mol. The molecule has 29 heavy (non-hydrogen) atoms. The average molecular weight is 390 g/mol. The summed E-state index contributed by atoms with van der Waals surface area (Å²) in [7, 11) is 1.69. The molecule has 0 aliphatic carbocycles. The molecule has 3 nitrogen and oxygen atoms in total. The number of rotatable bonds is 10. The van der Waals surface area contributed by atoms with Gasteiger partial charge in [0.25, 0.3) is 0 Å². The summed E-state index contributed by atoms with van der Waals surface area (Å²) in [5.41, 5.74) is 4.97. The van der Waals surface area contributed by atoms with Gasteiger partial charge < -0.3 is 14.8 Å². The van der Waals surface area contributed by atoms with E-state index in [0.29, 0.717) is 12.6 Å². The fourth-order valence-electron chi connectivity index (χ4n) is 3.33. The summed E-state index contributed by atoms with van der Waals surface area (Å²) in [6.45, 7) is 5.67. The number of hydrogen-bond donors (Lipinski definition) is 1. The molecular weight excluding hydrogens is 358 g/mol. The van der Waals surface area contributed by atoms with Crippen LogP contribution in [0.3, 0.4) is 0 Å². The van der Waals surface area contributed by atoms with Crippen molar-refractivity contribution in [2.45, 2.75) is 45.9 Å². The number of aryl methyl sites for hydroxylation is 2. The molecule has 3 aromatic rings. The quantitative estimate of drug-likeness (QED) is 0.483. The second-order valence-electron chi connectivity index (χ2n) is 7.57. The van der Waals surface area contributed by atoms with Crippen LogP contribution >= 0.6 is 0 Å². The minimum atomic E-state index is 0.443. The summed E-state index contributed by atoms with van der Waals surface area (Å²) in [6, 6.07) is 25.6. The van der Waals surface area contributed by atoms with E-state index < -0.39 is 0 Å². The topological polar surface area (TPSA) is 30.5 Å². The van der Waals surface area contributed by atoms with Crippen molar-refractivity contribution in [1.29, 1.82) is 0 Å². The maximum atomic E-state index is 5.99. The van der Waals surface area contributed by atoms with Gasteiger partial charge in [0.15, 0.2) is 11.5 Å². The molecule has 3 heteroatoms. The zero-order chi connectivity index (χ0) is 20.5. The number of ether oxygens (including phenoxy) is 2. The van der Waals surface area contributed by atoms with Crippen LogP contribution in [0.1, 0.15) is 35.6 Å². The molecule has 3 rings (SSSR count). The van der Waals surface area contributed by atoms with Crippen molar-refractivity contribution in [2.75, 3.05) is 7.11 Å². The summed E-state index contributed by atoms with van der Waals surface area (Å²) in [4.78, 5) is 0. The molecule has 1 atom stereocenters. The van der Waals surface area contributed by atoms with Crippen LogP contribution in [0, 0.1) is 6.92 Å². The number of nitrogens with one attached hydrogen (secondary N) is 1. The van der Waals surface area contributed by atoms with Crippen molar-refractivity contribution in [3.63, 3.8) is 0 Å². The van der Waals surface area contributed by atoms with E-state index in [0.717, 1.165) is 36.4 Å². The Bertz CT molecular complexity index is 892. The molecule has 0 bridgehead atoms. The van der Waals surface area contributed by atoms with E-state index in [-0.39, 0.29) is 0 Å². The van der Waals surface area contributed by atoms with Gasteiger partial charge in [-0.2, -0.15) is 0 Å². The smallest absolute Gasteiger partial charge is 0.161 e. The third-order valence-corrected chi connectivity index (χ3v) is 5.07. The molecule has 3 aromatic carbocycles. The Hall–Kier alpha value is -2.78. The molecule has 0 aromatic heterocycles. The molecule has 0 spiro atoms. The Labute approximate surface area is 174 Å². The Morgan fingerprint density at radius 1 is 0.828 bits per heavy atom. The van der Waals surface area contributed by atoms with Gasteiger partial charge in [0.2, 0.25) is 0 Å². The molecule has 0 amide bonds. The van der Waals surface area contributed by atoms with Crippen LogP contribution in [0.25, 0.3) is 0 Å². The third kappa shape index (κ3) is 6.65. The van der Waals surface area contributed by atoms with Gasteiger partial charge in [0.05, 0.1) is 7.11 Å². The van der Waals surface area contributed by atoms with Gasteiger partial charge in [-0.25, -0.2) is 0 Å². The Balaban J connectivity index is 1.51. The van der Waals surface area contributed by atoms with Crippen molar-refractivity contribution in [3.05, 3.63) is 95.1 Å². The maximum Gasteiger partial charge on any atom is 0.161 e. The van der Waals surface area contributed by atoms with Gasteiger partial charge in [-0.15, -0.1) is 0 Å². The third-order valence-electron chi connectivity index (χ3n) is 5.07.